The standard InChI is InChI=1S/C21H17ClO/c1-2-16-8-13-21(23-15-17-6-4-3-5-7-17)20(14-16)18-9-11-19(22)12-10-18/h2-14H,1,15H2. The molecule has 0 radical (unpaired) electrons. The zero-order chi connectivity index (χ0) is 16.1. The van der Waals surface area contributed by atoms with Crippen molar-refractivity contribution in [2.24, 2.45) is 0 Å². The van der Waals surface area contributed by atoms with Crippen LogP contribution in [0.4, 0.5) is 0 Å². The van der Waals surface area contributed by atoms with Crippen LogP contribution in [0.1, 0.15) is 11.1 Å². The maximum atomic E-state index is 6.04. The Balaban J connectivity index is 1.92. The van der Waals surface area contributed by atoms with Gasteiger partial charge in [0, 0.05) is 10.6 Å². The highest BCUT2D eigenvalue weighted by Gasteiger charge is 2.08. The molecule has 3 aromatic rings. The molecule has 3 aromatic carbocycles. The van der Waals surface area contributed by atoms with Gasteiger partial charge in [0.1, 0.15) is 12.4 Å². The van der Waals surface area contributed by atoms with Crippen LogP contribution in [-0.4, -0.2) is 0 Å². The first-order chi connectivity index (χ1) is 11.3. The van der Waals surface area contributed by atoms with Gasteiger partial charge < -0.3 is 4.74 Å². The van der Waals surface area contributed by atoms with E-state index in [2.05, 4.69) is 24.8 Å². The quantitative estimate of drug-likeness (QED) is 0.541. The Morgan fingerprint density at radius 3 is 2.35 bits per heavy atom. The molecule has 1 nitrogen and oxygen atoms in total. The molecule has 0 N–H and O–H groups in total. The van der Waals surface area contributed by atoms with Gasteiger partial charge in [-0.05, 0) is 41.0 Å². The van der Waals surface area contributed by atoms with Crippen molar-refractivity contribution < 1.29 is 4.74 Å². The Morgan fingerprint density at radius 2 is 1.65 bits per heavy atom. The number of benzene rings is 3. The van der Waals surface area contributed by atoms with Gasteiger partial charge in [-0.15, -0.1) is 0 Å². The Kier molecular flexibility index (Phi) is 4.80. The molecular formula is C21H17ClO. The number of rotatable bonds is 5. The highest BCUT2D eigenvalue weighted by molar-refractivity contribution is 6.30. The molecule has 0 heterocycles. The van der Waals surface area contributed by atoms with Crippen molar-refractivity contribution in [2.75, 3.05) is 0 Å². The van der Waals surface area contributed by atoms with Crippen LogP contribution in [-0.2, 0) is 6.61 Å². The summed E-state index contributed by atoms with van der Waals surface area (Å²) in [7, 11) is 0. The summed E-state index contributed by atoms with van der Waals surface area (Å²) in [5, 5.41) is 0.723. The molecule has 0 saturated heterocycles. The van der Waals surface area contributed by atoms with E-state index >= 15 is 0 Å². The molecule has 0 spiro atoms. The van der Waals surface area contributed by atoms with Gasteiger partial charge in [-0.3, -0.25) is 0 Å². The molecule has 23 heavy (non-hydrogen) atoms. The lowest BCUT2D eigenvalue weighted by atomic mass is 10.0. The molecule has 0 aliphatic heterocycles. The van der Waals surface area contributed by atoms with E-state index < -0.39 is 0 Å². The number of hydrogen-bond donors (Lipinski definition) is 0. The van der Waals surface area contributed by atoms with Crippen molar-refractivity contribution in [1.82, 2.24) is 0 Å². The average Bonchev–Trinajstić information content (AvgIpc) is 2.61. The lowest BCUT2D eigenvalue weighted by Gasteiger charge is -2.13. The van der Waals surface area contributed by atoms with E-state index in [-0.39, 0.29) is 0 Å². The first-order valence-electron chi connectivity index (χ1n) is 7.45. The third-order valence-corrected chi connectivity index (χ3v) is 3.88. The normalized spacial score (nSPS) is 10.3. The molecule has 0 bridgehead atoms. The summed E-state index contributed by atoms with van der Waals surface area (Å²) < 4.78 is 6.04. The highest BCUT2D eigenvalue weighted by atomic mass is 35.5. The number of halogens is 1. The largest absolute Gasteiger partial charge is 0.488 e. The van der Waals surface area contributed by atoms with Crippen molar-refractivity contribution in [3.05, 3.63) is 95.5 Å². The van der Waals surface area contributed by atoms with Gasteiger partial charge in [-0.2, -0.15) is 0 Å². The molecular weight excluding hydrogens is 304 g/mol. The lowest BCUT2D eigenvalue weighted by molar-refractivity contribution is 0.307. The van der Waals surface area contributed by atoms with E-state index in [0.29, 0.717) is 6.61 Å². The maximum absolute atomic E-state index is 6.04. The fourth-order valence-corrected chi connectivity index (χ4v) is 2.52. The predicted molar refractivity (Wildman–Crippen MR) is 97.8 cm³/mol. The summed E-state index contributed by atoms with van der Waals surface area (Å²) in [6.45, 7) is 4.38. The van der Waals surface area contributed by atoms with Crippen LogP contribution in [0.15, 0.2) is 79.4 Å². The third-order valence-electron chi connectivity index (χ3n) is 3.63. The first-order valence-corrected chi connectivity index (χ1v) is 7.83. The Bertz CT molecular complexity index is 792. The summed E-state index contributed by atoms with van der Waals surface area (Å²) in [4.78, 5) is 0. The molecule has 0 aliphatic carbocycles. The minimum atomic E-state index is 0.537. The molecule has 0 aromatic heterocycles. The zero-order valence-electron chi connectivity index (χ0n) is 12.7. The van der Waals surface area contributed by atoms with Crippen LogP contribution < -0.4 is 4.74 Å². The Morgan fingerprint density at radius 1 is 0.913 bits per heavy atom. The van der Waals surface area contributed by atoms with E-state index in [1.165, 1.54) is 0 Å². The van der Waals surface area contributed by atoms with Crippen molar-refractivity contribution >= 4 is 17.7 Å². The van der Waals surface area contributed by atoms with E-state index in [1.54, 1.807) is 0 Å². The maximum Gasteiger partial charge on any atom is 0.127 e. The van der Waals surface area contributed by atoms with Crippen molar-refractivity contribution in [1.29, 1.82) is 0 Å². The highest BCUT2D eigenvalue weighted by Crippen LogP contribution is 2.32. The van der Waals surface area contributed by atoms with E-state index in [1.807, 2.05) is 60.7 Å². The van der Waals surface area contributed by atoms with Gasteiger partial charge in [-0.25, -0.2) is 0 Å². The molecule has 114 valence electrons. The molecule has 0 unspecified atom stereocenters. The van der Waals surface area contributed by atoms with Gasteiger partial charge in [0.2, 0.25) is 0 Å². The molecule has 2 heteroatoms. The second-order valence-corrected chi connectivity index (χ2v) is 5.68. The first kappa shape index (κ1) is 15.4. The average molecular weight is 321 g/mol. The van der Waals surface area contributed by atoms with Crippen LogP contribution in [0.2, 0.25) is 5.02 Å². The molecule has 0 fully saturated rings. The summed E-state index contributed by atoms with van der Waals surface area (Å²) in [6.07, 6.45) is 1.83. The molecule has 0 amide bonds. The zero-order valence-corrected chi connectivity index (χ0v) is 13.5. The van der Waals surface area contributed by atoms with Crippen LogP contribution in [0.5, 0.6) is 5.75 Å². The fourth-order valence-electron chi connectivity index (χ4n) is 2.39. The summed E-state index contributed by atoms with van der Waals surface area (Å²) in [5.41, 5.74) is 4.31. The van der Waals surface area contributed by atoms with Crippen LogP contribution >= 0.6 is 11.6 Å². The van der Waals surface area contributed by atoms with Gasteiger partial charge in [0.05, 0.1) is 0 Å². The summed E-state index contributed by atoms with van der Waals surface area (Å²) in [5.74, 6) is 0.849. The molecule has 0 atom stereocenters. The van der Waals surface area contributed by atoms with Gasteiger partial charge in [-0.1, -0.05) is 72.8 Å². The van der Waals surface area contributed by atoms with Crippen molar-refractivity contribution in [2.45, 2.75) is 6.61 Å². The van der Waals surface area contributed by atoms with Crippen molar-refractivity contribution in [3.8, 4) is 16.9 Å². The number of hydrogen-bond acceptors (Lipinski definition) is 1. The summed E-state index contributed by atoms with van der Waals surface area (Å²) >= 11 is 5.99. The smallest absolute Gasteiger partial charge is 0.127 e. The summed E-state index contributed by atoms with van der Waals surface area (Å²) in [6, 6.07) is 24.0. The SMILES string of the molecule is C=Cc1ccc(OCc2ccccc2)c(-c2ccc(Cl)cc2)c1. The monoisotopic (exact) mass is 320 g/mol. The van der Waals surface area contributed by atoms with Crippen LogP contribution in [0.25, 0.3) is 17.2 Å². The van der Waals surface area contributed by atoms with Gasteiger partial charge in [0.15, 0.2) is 0 Å². The van der Waals surface area contributed by atoms with Crippen LogP contribution in [0.3, 0.4) is 0 Å². The van der Waals surface area contributed by atoms with Gasteiger partial charge in [0.25, 0.3) is 0 Å². The van der Waals surface area contributed by atoms with Gasteiger partial charge >= 0.3 is 0 Å². The third kappa shape index (κ3) is 3.82. The predicted octanol–water partition coefficient (Wildman–Crippen LogP) is 6.23. The Labute approximate surface area is 141 Å². The van der Waals surface area contributed by atoms with E-state index in [9.17, 15) is 0 Å². The molecule has 0 saturated carbocycles. The van der Waals surface area contributed by atoms with Crippen LogP contribution in [0, 0.1) is 0 Å². The second-order valence-electron chi connectivity index (χ2n) is 5.24. The Hall–Kier alpha value is -2.51. The minimum Gasteiger partial charge on any atom is -0.488 e. The molecule has 3 rings (SSSR count). The van der Waals surface area contributed by atoms with Crippen molar-refractivity contribution in [3.63, 3.8) is 0 Å². The second kappa shape index (κ2) is 7.17. The number of ether oxygens (including phenoxy) is 1. The molecule has 0 aliphatic rings. The topological polar surface area (TPSA) is 9.23 Å². The fraction of sp³-hybridized carbons (Fsp3) is 0.0476. The van der Waals surface area contributed by atoms with E-state index in [0.717, 1.165) is 33.0 Å². The lowest BCUT2D eigenvalue weighted by Crippen LogP contribution is -1.97. The van der Waals surface area contributed by atoms with E-state index in [4.69, 9.17) is 16.3 Å². The minimum absolute atomic E-state index is 0.537.